The summed E-state index contributed by atoms with van der Waals surface area (Å²) in [6.07, 6.45) is 8.14. The Morgan fingerprint density at radius 1 is 1.25 bits per heavy atom. The molecule has 2 atom stereocenters. The van der Waals surface area contributed by atoms with Crippen LogP contribution in [0.3, 0.4) is 0 Å². The Hall–Kier alpha value is -0.0800. The van der Waals surface area contributed by atoms with Crippen molar-refractivity contribution in [2.75, 3.05) is 13.2 Å². The highest BCUT2D eigenvalue weighted by molar-refractivity contribution is 4.81. The molecule has 0 aromatic heterocycles. The zero-order chi connectivity index (χ0) is 11.8. The fraction of sp³-hybridized carbons (Fsp3) is 1.00. The van der Waals surface area contributed by atoms with Crippen molar-refractivity contribution in [2.45, 2.75) is 71.4 Å². The molecule has 1 aliphatic rings. The molecule has 1 aliphatic carbocycles. The minimum atomic E-state index is 0.471. The van der Waals surface area contributed by atoms with Gasteiger partial charge in [-0.2, -0.15) is 0 Å². The van der Waals surface area contributed by atoms with Crippen LogP contribution in [0.1, 0.15) is 59.3 Å². The Bertz CT molecular complexity index is 170. The van der Waals surface area contributed by atoms with E-state index >= 15 is 0 Å². The first-order chi connectivity index (χ1) is 7.74. The van der Waals surface area contributed by atoms with E-state index in [1.807, 2.05) is 0 Å². The van der Waals surface area contributed by atoms with Crippen LogP contribution in [0.15, 0.2) is 0 Å². The molecule has 0 aromatic carbocycles. The van der Waals surface area contributed by atoms with Crippen LogP contribution < -0.4 is 5.32 Å². The lowest BCUT2D eigenvalue weighted by atomic mass is 9.92. The lowest BCUT2D eigenvalue weighted by Gasteiger charge is -2.32. The highest BCUT2D eigenvalue weighted by Crippen LogP contribution is 2.21. The smallest absolute Gasteiger partial charge is 0.0728 e. The first-order valence-corrected chi connectivity index (χ1v) is 7.09. The van der Waals surface area contributed by atoms with Crippen LogP contribution in [0.25, 0.3) is 0 Å². The molecular formula is C14H29NO. The number of hydrogen-bond donors (Lipinski definition) is 1. The van der Waals surface area contributed by atoms with Gasteiger partial charge in [-0.25, -0.2) is 0 Å². The van der Waals surface area contributed by atoms with Crippen molar-refractivity contribution in [1.29, 1.82) is 0 Å². The maximum Gasteiger partial charge on any atom is 0.0728 e. The highest BCUT2D eigenvalue weighted by Gasteiger charge is 2.24. The molecule has 16 heavy (non-hydrogen) atoms. The van der Waals surface area contributed by atoms with Crippen molar-refractivity contribution in [1.82, 2.24) is 5.32 Å². The molecule has 1 N–H and O–H groups in total. The summed E-state index contributed by atoms with van der Waals surface area (Å²) in [7, 11) is 0. The van der Waals surface area contributed by atoms with Crippen LogP contribution >= 0.6 is 0 Å². The van der Waals surface area contributed by atoms with Crippen LogP contribution in [0.4, 0.5) is 0 Å². The average Bonchev–Trinajstić information content (AvgIpc) is 2.27. The average molecular weight is 227 g/mol. The second-order valence-corrected chi connectivity index (χ2v) is 5.44. The van der Waals surface area contributed by atoms with Crippen LogP contribution in [-0.2, 0) is 4.74 Å². The molecule has 0 amide bonds. The molecule has 1 saturated carbocycles. The van der Waals surface area contributed by atoms with Crippen LogP contribution in [0.2, 0.25) is 0 Å². The summed E-state index contributed by atoms with van der Waals surface area (Å²) < 4.78 is 6.04. The largest absolute Gasteiger partial charge is 0.377 e. The Labute approximate surface area is 101 Å². The Morgan fingerprint density at radius 3 is 2.69 bits per heavy atom. The van der Waals surface area contributed by atoms with Crippen molar-refractivity contribution in [3.63, 3.8) is 0 Å². The molecule has 0 bridgehead atoms. The van der Waals surface area contributed by atoms with Crippen LogP contribution in [0, 0.1) is 5.92 Å². The van der Waals surface area contributed by atoms with Crippen molar-refractivity contribution in [3.8, 4) is 0 Å². The van der Waals surface area contributed by atoms with Gasteiger partial charge in [-0.05, 0) is 38.1 Å². The molecule has 96 valence electrons. The van der Waals surface area contributed by atoms with Gasteiger partial charge >= 0.3 is 0 Å². The molecule has 0 saturated heterocycles. The van der Waals surface area contributed by atoms with E-state index in [2.05, 4.69) is 26.1 Å². The molecule has 2 nitrogen and oxygen atoms in total. The highest BCUT2D eigenvalue weighted by atomic mass is 16.5. The zero-order valence-corrected chi connectivity index (χ0v) is 11.3. The normalized spacial score (nSPS) is 26.2. The molecule has 0 spiro atoms. The standard InChI is InChI=1S/C14H29NO/c1-4-10-15-13-7-5-6-8-14(13)16-11-9-12(2)3/h12-15H,4-11H2,1-3H3. The second-order valence-electron chi connectivity index (χ2n) is 5.44. The van der Waals surface area contributed by atoms with Gasteiger partial charge in [0.05, 0.1) is 6.10 Å². The van der Waals surface area contributed by atoms with E-state index in [9.17, 15) is 0 Å². The van der Waals surface area contributed by atoms with Gasteiger partial charge in [0.15, 0.2) is 0 Å². The van der Waals surface area contributed by atoms with Crippen molar-refractivity contribution in [3.05, 3.63) is 0 Å². The fourth-order valence-corrected chi connectivity index (χ4v) is 2.31. The van der Waals surface area contributed by atoms with Crippen LogP contribution in [-0.4, -0.2) is 25.3 Å². The molecule has 0 heterocycles. The zero-order valence-electron chi connectivity index (χ0n) is 11.3. The molecular weight excluding hydrogens is 198 g/mol. The van der Waals surface area contributed by atoms with E-state index in [1.165, 1.54) is 38.5 Å². The maximum absolute atomic E-state index is 6.04. The summed E-state index contributed by atoms with van der Waals surface area (Å²) in [6, 6.07) is 0.612. The summed E-state index contributed by atoms with van der Waals surface area (Å²) in [6.45, 7) is 8.82. The lowest BCUT2D eigenvalue weighted by molar-refractivity contribution is 0.000717. The van der Waals surface area contributed by atoms with Gasteiger partial charge in [0.25, 0.3) is 0 Å². The fourth-order valence-electron chi connectivity index (χ4n) is 2.31. The molecule has 0 aromatic rings. The van der Waals surface area contributed by atoms with E-state index in [4.69, 9.17) is 4.74 Å². The van der Waals surface area contributed by atoms with E-state index in [0.29, 0.717) is 12.1 Å². The summed E-state index contributed by atoms with van der Waals surface area (Å²) in [4.78, 5) is 0. The van der Waals surface area contributed by atoms with Crippen molar-refractivity contribution >= 4 is 0 Å². The SMILES string of the molecule is CCCNC1CCCCC1OCCC(C)C. The van der Waals surface area contributed by atoms with Gasteiger partial charge in [0.1, 0.15) is 0 Å². The van der Waals surface area contributed by atoms with E-state index in [0.717, 1.165) is 19.1 Å². The topological polar surface area (TPSA) is 21.3 Å². The first kappa shape index (κ1) is 14.0. The number of nitrogens with one attached hydrogen (secondary N) is 1. The Balaban J connectivity index is 2.23. The quantitative estimate of drug-likeness (QED) is 0.720. The van der Waals surface area contributed by atoms with E-state index in [1.54, 1.807) is 0 Å². The second kappa shape index (κ2) is 8.08. The van der Waals surface area contributed by atoms with Gasteiger partial charge in [0.2, 0.25) is 0 Å². The maximum atomic E-state index is 6.04. The Kier molecular flexibility index (Phi) is 7.06. The Morgan fingerprint density at radius 2 is 2.00 bits per heavy atom. The van der Waals surface area contributed by atoms with Gasteiger partial charge in [-0.3, -0.25) is 0 Å². The minimum absolute atomic E-state index is 0.471. The van der Waals surface area contributed by atoms with Crippen molar-refractivity contribution in [2.24, 2.45) is 5.92 Å². The summed E-state index contributed by atoms with van der Waals surface area (Å²) in [5.74, 6) is 0.755. The number of rotatable bonds is 7. The molecule has 1 rings (SSSR count). The van der Waals surface area contributed by atoms with E-state index < -0.39 is 0 Å². The summed E-state index contributed by atoms with van der Waals surface area (Å²) in [5, 5.41) is 3.63. The lowest BCUT2D eigenvalue weighted by Crippen LogP contribution is -2.44. The number of hydrogen-bond acceptors (Lipinski definition) is 2. The summed E-state index contributed by atoms with van der Waals surface area (Å²) >= 11 is 0. The summed E-state index contributed by atoms with van der Waals surface area (Å²) in [5.41, 5.74) is 0. The first-order valence-electron chi connectivity index (χ1n) is 7.09. The molecule has 0 radical (unpaired) electrons. The third-order valence-corrected chi connectivity index (χ3v) is 3.39. The van der Waals surface area contributed by atoms with Gasteiger partial charge in [0, 0.05) is 12.6 Å². The van der Waals surface area contributed by atoms with E-state index in [-0.39, 0.29) is 0 Å². The predicted octanol–water partition coefficient (Wildman–Crippen LogP) is 3.36. The van der Waals surface area contributed by atoms with Crippen LogP contribution in [0.5, 0.6) is 0 Å². The third-order valence-electron chi connectivity index (χ3n) is 3.39. The minimum Gasteiger partial charge on any atom is -0.377 e. The third kappa shape index (κ3) is 5.31. The molecule has 2 unspecified atom stereocenters. The van der Waals surface area contributed by atoms with Gasteiger partial charge in [-0.1, -0.05) is 33.6 Å². The predicted molar refractivity (Wildman–Crippen MR) is 69.7 cm³/mol. The molecule has 2 heteroatoms. The van der Waals surface area contributed by atoms with Gasteiger partial charge in [-0.15, -0.1) is 0 Å². The van der Waals surface area contributed by atoms with Gasteiger partial charge < -0.3 is 10.1 Å². The van der Waals surface area contributed by atoms with Crippen molar-refractivity contribution < 1.29 is 4.74 Å². The molecule has 0 aliphatic heterocycles. The molecule has 1 fully saturated rings. The monoisotopic (exact) mass is 227 g/mol. The number of ether oxygens (including phenoxy) is 1.